The molecular formula is C22H39F2N9O2. The van der Waals surface area contributed by atoms with Gasteiger partial charge in [-0.05, 0) is 26.4 Å². The number of piperazine rings is 1. The van der Waals surface area contributed by atoms with Crippen molar-refractivity contribution in [1.29, 1.82) is 0 Å². The first-order valence-corrected chi connectivity index (χ1v) is 12.9. The van der Waals surface area contributed by atoms with Crippen LogP contribution in [0.3, 0.4) is 0 Å². The molecule has 5 saturated heterocycles. The van der Waals surface area contributed by atoms with Gasteiger partial charge < -0.3 is 21.3 Å². The van der Waals surface area contributed by atoms with E-state index in [2.05, 4.69) is 31.2 Å². The van der Waals surface area contributed by atoms with Crippen molar-refractivity contribution in [3.8, 4) is 0 Å². The molecule has 0 aromatic carbocycles. The topological polar surface area (TPSA) is 121 Å². The minimum absolute atomic E-state index is 0.0498. The second-order valence-corrected chi connectivity index (χ2v) is 10.6. The van der Waals surface area contributed by atoms with E-state index in [-0.39, 0.29) is 37.5 Å². The number of hydrazine groups is 1. The van der Waals surface area contributed by atoms with E-state index in [1.807, 2.05) is 11.9 Å². The molecule has 35 heavy (non-hydrogen) atoms. The van der Waals surface area contributed by atoms with Gasteiger partial charge in [0.05, 0.1) is 36.4 Å². The lowest BCUT2D eigenvalue weighted by Gasteiger charge is -2.46. The minimum atomic E-state index is -1.15. The van der Waals surface area contributed by atoms with Crippen LogP contribution in [0, 0.1) is 5.92 Å². The molecule has 0 aromatic rings. The number of hydrogen-bond acceptors (Lipinski definition) is 9. The minimum Gasteiger partial charge on any atom is -0.350 e. The van der Waals surface area contributed by atoms with Crippen LogP contribution in [0.15, 0.2) is 0 Å². The molecular weight excluding hydrogens is 460 g/mol. The summed E-state index contributed by atoms with van der Waals surface area (Å²) in [4.78, 5) is 32.3. The molecule has 0 aliphatic carbocycles. The molecule has 0 aromatic heterocycles. The highest BCUT2D eigenvalue weighted by atomic mass is 19.1. The Morgan fingerprint density at radius 1 is 1.06 bits per heavy atom. The van der Waals surface area contributed by atoms with E-state index in [0.717, 1.165) is 19.4 Å². The molecule has 2 amide bonds. The largest absolute Gasteiger partial charge is 0.350 e. The van der Waals surface area contributed by atoms with Crippen molar-refractivity contribution < 1.29 is 18.4 Å². The first-order valence-electron chi connectivity index (χ1n) is 12.9. The maximum atomic E-state index is 15.2. The third kappa shape index (κ3) is 5.04. The van der Waals surface area contributed by atoms with E-state index in [9.17, 15) is 14.0 Å². The van der Waals surface area contributed by atoms with Crippen molar-refractivity contribution in [3.63, 3.8) is 0 Å². The summed E-state index contributed by atoms with van der Waals surface area (Å²) in [6.45, 7) is 4.20. The molecule has 5 rings (SSSR count). The molecule has 5 fully saturated rings. The molecule has 0 bridgehead atoms. The molecule has 8 atom stereocenters. The summed E-state index contributed by atoms with van der Waals surface area (Å²) >= 11 is 0. The van der Waals surface area contributed by atoms with Crippen molar-refractivity contribution in [2.45, 2.75) is 55.6 Å². The van der Waals surface area contributed by atoms with E-state index < -0.39 is 42.7 Å². The monoisotopic (exact) mass is 499 g/mol. The van der Waals surface area contributed by atoms with E-state index in [1.54, 1.807) is 5.01 Å². The van der Waals surface area contributed by atoms with Gasteiger partial charge in [-0.15, -0.1) is 0 Å². The molecule has 6 N–H and O–H groups in total. The molecule has 11 nitrogen and oxygen atoms in total. The number of amides is 2. The molecule has 13 heteroatoms. The lowest BCUT2D eigenvalue weighted by Crippen LogP contribution is -2.68. The summed E-state index contributed by atoms with van der Waals surface area (Å²) in [7, 11) is 1.99. The molecule has 0 spiro atoms. The summed E-state index contributed by atoms with van der Waals surface area (Å²) in [6, 6.07) is -0.970. The van der Waals surface area contributed by atoms with Crippen molar-refractivity contribution in [3.05, 3.63) is 0 Å². The molecule has 5 aliphatic heterocycles. The number of halogens is 2. The number of likely N-dealkylation sites (tertiary alicyclic amines) is 1. The number of likely N-dealkylation sites (N-methyl/N-ethyl adjacent to an activating group) is 1. The zero-order valence-corrected chi connectivity index (χ0v) is 20.3. The van der Waals surface area contributed by atoms with Crippen molar-refractivity contribution in [2.75, 3.05) is 66.0 Å². The summed E-state index contributed by atoms with van der Waals surface area (Å²) in [5.74, 6) is -0.730. The number of nitrogens with two attached hydrogens (primary N) is 1. The first kappa shape index (κ1) is 25.2. The zero-order valence-electron chi connectivity index (χ0n) is 20.3. The van der Waals surface area contributed by atoms with Crippen molar-refractivity contribution in [2.24, 2.45) is 11.7 Å². The van der Waals surface area contributed by atoms with Crippen LogP contribution in [0.25, 0.3) is 0 Å². The van der Waals surface area contributed by atoms with E-state index >= 15 is 4.39 Å². The second-order valence-electron chi connectivity index (χ2n) is 10.6. The molecule has 7 unspecified atom stereocenters. The Bertz CT molecular complexity index is 786. The van der Waals surface area contributed by atoms with E-state index in [1.165, 1.54) is 0 Å². The molecule has 0 radical (unpaired) electrons. The Morgan fingerprint density at radius 3 is 2.54 bits per heavy atom. The Hall–Kier alpha value is -1.48. The number of alkyl halides is 2. The van der Waals surface area contributed by atoms with Crippen LogP contribution in [-0.4, -0.2) is 140 Å². The van der Waals surface area contributed by atoms with Gasteiger partial charge in [-0.2, -0.15) is 0 Å². The van der Waals surface area contributed by atoms with Gasteiger partial charge in [0.25, 0.3) is 0 Å². The summed E-state index contributed by atoms with van der Waals surface area (Å²) in [5, 5.41) is 10.8. The maximum Gasteiger partial charge on any atom is 0.240 e. The summed E-state index contributed by atoms with van der Waals surface area (Å²) < 4.78 is 29.0. The highest BCUT2D eigenvalue weighted by Gasteiger charge is 2.48. The third-order valence-electron chi connectivity index (χ3n) is 8.29. The van der Waals surface area contributed by atoms with Crippen LogP contribution < -0.4 is 27.1 Å². The van der Waals surface area contributed by atoms with Crippen LogP contribution in [0.2, 0.25) is 0 Å². The highest BCUT2D eigenvalue weighted by Crippen LogP contribution is 2.24. The average molecular weight is 500 g/mol. The Kier molecular flexibility index (Phi) is 7.54. The van der Waals surface area contributed by atoms with Gasteiger partial charge in [0.1, 0.15) is 12.3 Å². The maximum absolute atomic E-state index is 15.2. The lowest BCUT2D eigenvalue weighted by atomic mass is 9.94. The van der Waals surface area contributed by atoms with Crippen LogP contribution in [0.5, 0.6) is 0 Å². The number of carbonyl (C=O) groups is 2. The van der Waals surface area contributed by atoms with Gasteiger partial charge >= 0.3 is 0 Å². The van der Waals surface area contributed by atoms with Crippen LogP contribution in [-0.2, 0) is 9.59 Å². The normalized spacial score (nSPS) is 41.7. The smallest absolute Gasteiger partial charge is 0.240 e. The number of rotatable bonds is 4. The predicted octanol–water partition coefficient (Wildman–Crippen LogP) is -2.99. The van der Waals surface area contributed by atoms with Gasteiger partial charge in [0, 0.05) is 52.4 Å². The molecule has 5 aliphatic rings. The first-order chi connectivity index (χ1) is 16.8. The summed E-state index contributed by atoms with van der Waals surface area (Å²) in [6.07, 6.45) is -1.32. The molecule has 5 heterocycles. The van der Waals surface area contributed by atoms with Gasteiger partial charge in [0.15, 0.2) is 0 Å². The second kappa shape index (κ2) is 10.5. The van der Waals surface area contributed by atoms with Gasteiger partial charge in [-0.3, -0.25) is 24.7 Å². The van der Waals surface area contributed by atoms with Crippen LogP contribution in [0.1, 0.15) is 12.8 Å². The number of hydrogen-bond donors (Lipinski definition) is 5. The van der Waals surface area contributed by atoms with Crippen LogP contribution in [0.4, 0.5) is 8.78 Å². The lowest BCUT2D eigenvalue weighted by molar-refractivity contribution is -0.138. The van der Waals surface area contributed by atoms with E-state index in [4.69, 9.17) is 5.73 Å². The standard InChI is InChI=1S/C22H39F2N9O2/c1-30-4-2-3-16(30)22(35)32-7-5-31(6-8-32)18-14(24)10-26-11-15(18)28-21(34)17-19(25)29-33-12-13(23)9-27-20(17)33/h13-20,26-27,29H,2-12,25H2,1H3,(H,28,34)/t13?,14?,15?,16-,17?,18?,19?,20?/m0/s1. The number of nitrogens with one attached hydrogen (secondary N) is 4. The highest BCUT2D eigenvalue weighted by molar-refractivity contribution is 5.82. The average Bonchev–Trinajstić information content (AvgIpc) is 3.40. The number of fused-ring (bicyclic) bond motifs is 1. The van der Waals surface area contributed by atoms with E-state index in [0.29, 0.717) is 32.7 Å². The Morgan fingerprint density at radius 2 is 1.83 bits per heavy atom. The number of piperidine rings is 1. The quantitative estimate of drug-likeness (QED) is 0.276. The third-order valence-corrected chi connectivity index (χ3v) is 8.29. The Labute approximate surface area is 205 Å². The van der Waals surface area contributed by atoms with Gasteiger partial charge in [0.2, 0.25) is 11.8 Å². The molecule has 198 valence electrons. The fraction of sp³-hybridized carbons (Fsp3) is 0.909. The summed E-state index contributed by atoms with van der Waals surface area (Å²) in [5.41, 5.74) is 9.17. The van der Waals surface area contributed by atoms with Gasteiger partial charge in [-0.1, -0.05) is 0 Å². The van der Waals surface area contributed by atoms with Crippen LogP contribution >= 0.6 is 0 Å². The van der Waals surface area contributed by atoms with Crippen molar-refractivity contribution >= 4 is 11.8 Å². The number of nitrogens with zero attached hydrogens (tertiary/aromatic N) is 4. The molecule has 0 saturated carbocycles. The van der Waals surface area contributed by atoms with Crippen molar-refractivity contribution in [1.82, 2.24) is 41.1 Å². The number of carbonyl (C=O) groups excluding carboxylic acids is 2. The fourth-order valence-corrected chi connectivity index (χ4v) is 6.42. The fourth-order valence-electron chi connectivity index (χ4n) is 6.42. The predicted molar refractivity (Wildman–Crippen MR) is 125 cm³/mol. The van der Waals surface area contributed by atoms with Gasteiger partial charge in [-0.25, -0.2) is 19.2 Å². The zero-order chi connectivity index (χ0) is 24.7. The SMILES string of the molecule is CN1CCC[C@H]1C(=O)N1CCN(C2C(F)CNCC2NC(=O)C2C(N)NN3CC(F)CNC23)CC1. The Balaban J connectivity index is 1.20.